The highest BCUT2D eigenvalue weighted by Crippen LogP contribution is 2.26. The number of aromatic nitrogens is 1. The molecule has 0 radical (unpaired) electrons. The van der Waals surface area contributed by atoms with E-state index >= 15 is 0 Å². The van der Waals surface area contributed by atoms with Crippen molar-refractivity contribution in [2.75, 3.05) is 0 Å². The molecule has 0 bridgehead atoms. The molecule has 0 fully saturated rings. The Morgan fingerprint density at radius 1 is 1.35 bits per heavy atom. The van der Waals surface area contributed by atoms with Crippen molar-refractivity contribution in [2.45, 2.75) is 19.5 Å². The minimum atomic E-state index is -5.05. The number of hydrogen-bond acceptors (Lipinski definition) is 3. The predicted molar refractivity (Wildman–Crippen MR) is 45.0 cm³/mol. The first kappa shape index (κ1) is 13.2. The monoisotopic (exact) mass is 252 g/mol. The molecule has 1 aromatic heterocycles. The predicted octanol–water partition coefficient (Wildman–Crippen LogP) is 2.65. The summed E-state index contributed by atoms with van der Waals surface area (Å²) in [6, 6.07) is 2.33. The third-order valence-electron chi connectivity index (χ3n) is 1.71. The second-order valence-corrected chi connectivity index (χ2v) is 2.92. The van der Waals surface area contributed by atoms with E-state index < -0.39 is 36.8 Å². The molecule has 0 aliphatic carbocycles. The van der Waals surface area contributed by atoms with E-state index in [-0.39, 0.29) is 5.56 Å². The van der Waals surface area contributed by atoms with Gasteiger partial charge < -0.3 is 4.74 Å². The van der Waals surface area contributed by atoms with Gasteiger partial charge in [-0.3, -0.25) is 0 Å². The van der Waals surface area contributed by atoms with Crippen molar-refractivity contribution in [1.82, 2.24) is 4.98 Å². The van der Waals surface area contributed by atoms with Gasteiger partial charge in [-0.15, -0.1) is 13.2 Å². The van der Waals surface area contributed by atoms with E-state index in [4.69, 9.17) is 5.26 Å². The number of rotatable bonds is 3. The maximum atomic E-state index is 13.0. The average molecular weight is 252 g/mol. The van der Waals surface area contributed by atoms with E-state index in [2.05, 4.69) is 9.72 Å². The molecule has 0 spiro atoms. The van der Waals surface area contributed by atoms with Crippen molar-refractivity contribution in [1.29, 1.82) is 5.26 Å². The van der Waals surface area contributed by atoms with Crippen LogP contribution in [-0.4, -0.2) is 11.3 Å². The van der Waals surface area contributed by atoms with E-state index in [0.717, 1.165) is 6.07 Å². The van der Waals surface area contributed by atoms with Gasteiger partial charge in [0.25, 0.3) is 0 Å². The first-order valence-corrected chi connectivity index (χ1v) is 4.24. The zero-order valence-electron chi connectivity index (χ0n) is 8.18. The first-order valence-electron chi connectivity index (χ1n) is 4.24. The van der Waals surface area contributed by atoms with Gasteiger partial charge in [0, 0.05) is 11.1 Å². The SMILES string of the molecule is N#CCc1cc(CF)c(F)nc1OC(F)(F)F. The molecule has 3 nitrogen and oxygen atoms in total. The van der Waals surface area contributed by atoms with Crippen molar-refractivity contribution in [2.24, 2.45) is 0 Å². The van der Waals surface area contributed by atoms with E-state index in [0.29, 0.717) is 0 Å². The van der Waals surface area contributed by atoms with Crippen molar-refractivity contribution in [3.63, 3.8) is 0 Å². The molecule has 17 heavy (non-hydrogen) atoms. The fourth-order valence-corrected chi connectivity index (χ4v) is 1.07. The number of halogens is 5. The van der Waals surface area contributed by atoms with Crippen LogP contribution in [0.5, 0.6) is 5.88 Å². The lowest BCUT2D eigenvalue weighted by Gasteiger charge is -2.11. The van der Waals surface area contributed by atoms with Gasteiger partial charge in [-0.05, 0) is 6.07 Å². The minimum absolute atomic E-state index is 0.320. The minimum Gasteiger partial charge on any atom is -0.387 e. The maximum absolute atomic E-state index is 13.0. The van der Waals surface area contributed by atoms with E-state index in [1.807, 2.05) is 0 Å². The maximum Gasteiger partial charge on any atom is 0.574 e. The zero-order valence-corrected chi connectivity index (χ0v) is 8.18. The molecule has 0 saturated heterocycles. The Morgan fingerprint density at radius 2 is 2.00 bits per heavy atom. The number of alkyl halides is 4. The third-order valence-corrected chi connectivity index (χ3v) is 1.71. The Bertz CT molecular complexity index is 452. The van der Waals surface area contributed by atoms with Crippen LogP contribution in [0.15, 0.2) is 6.07 Å². The molecule has 92 valence electrons. The van der Waals surface area contributed by atoms with Crippen LogP contribution in [0.4, 0.5) is 22.0 Å². The average Bonchev–Trinajstić information content (AvgIpc) is 2.20. The standard InChI is InChI=1S/C9H5F5N2O/c10-4-6-3-5(1-2-15)8(16-7(6)11)17-9(12,13)14/h3H,1,4H2. The van der Waals surface area contributed by atoms with Gasteiger partial charge in [0.05, 0.1) is 12.5 Å². The topological polar surface area (TPSA) is 45.9 Å². The second-order valence-electron chi connectivity index (χ2n) is 2.92. The molecular formula is C9H5F5N2O. The quantitative estimate of drug-likeness (QED) is 0.613. The molecule has 0 aromatic carbocycles. The molecule has 0 amide bonds. The van der Waals surface area contributed by atoms with Crippen molar-refractivity contribution < 1.29 is 26.7 Å². The Kier molecular flexibility index (Phi) is 3.83. The Hall–Kier alpha value is -1.91. The number of nitrogens with zero attached hydrogens (tertiary/aromatic N) is 2. The molecule has 0 unspecified atom stereocenters. The molecule has 0 N–H and O–H groups in total. The molecular weight excluding hydrogens is 247 g/mol. The van der Waals surface area contributed by atoms with Crippen molar-refractivity contribution in [3.05, 3.63) is 23.1 Å². The first-order chi connectivity index (χ1) is 7.87. The summed E-state index contributed by atoms with van der Waals surface area (Å²) in [6.45, 7) is -1.23. The van der Waals surface area contributed by atoms with Crippen LogP contribution < -0.4 is 4.74 Å². The van der Waals surface area contributed by atoms with Gasteiger partial charge in [0.15, 0.2) is 0 Å². The number of nitriles is 1. The van der Waals surface area contributed by atoms with Crippen LogP contribution in [0.1, 0.15) is 11.1 Å². The van der Waals surface area contributed by atoms with E-state index in [1.54, 1.807) is 6.07 Å². The number of hydrogen-bond donors (Lipinski definition) is 0. The smallest absolute Gasteiger partial charge is 0.387 e. The van der Waals surface area contributed by atoms with Crippen LogP contribution in [-0.2, 0) is 13.1 Å². The lowest BCUT2D eigenvalue weighted by Crippen LogP contribution is -2.19. The highest BCUT2D eigenvalue weighted by atomic mass is 19.4. The van der Waals surface area contributed by atoms with Crippen LogP contribution in [0.3, 0.4) is 0 Å². The number of pyridine rings is 1. The zero-order chi connectivity index (χ0) is 13.1. The normalized spacial score (nSPS) is 11.1. The second kappa shape index (κ2) is 4.95. The van der Waals surface area contributed by atoms with Crippen LogP contribution >= 0.6 is 0 Å². The Morgan fingerprint density at radius 3 is 2.47 bits per heavy atom. The van der Waals surface area contributed by atoms with Gasteiger partial charge in [-0.2, -0.15) is 14.6 Å². The fraction of sp³-hybridized carbons (Fsp3) is 0.333. The summed E-state index contributed by atoms with van der Waals surface area (Å²) in [5, 5.41) is 8.37. The van der Waals surface area contributed by atoms with Crippen LogP contribution in [0.25, 0.3) is 0 Å². The van der Waals surface area contributed by atoms with Crippen molar-refractivity contribution >= 4 is 0 Å². The molecule has 1 aromatic rings. The molecule has 8 heteroatoms. The summed E-state index contributed by atoms with van der Waals surface area (Å²) in [6.07, 6.45) is -5.55. The van der Waals surface area contributed by atoms with Crippen molar-refractivity contribution in [3.8, 4) is 11.9 Å². The van der Waals surface area contributed by atoms with Gasteiger partial charge in [0.2, 0.25) is 11.8 Å². The number of ether oxygens (including phenoxy) is 1. The Balaban J connectivity index is 3.19. The fourth-order valence-electron chi connectivity index (χ4n) is 1.07. The van der Waals surface area contributed by atoms with E-state index in [9.17, 15) is 22.0 Å². The summed E-state index contributed by atoms with van der Waals surface area (Å²) in [7, 11) is 0. The molecule has 0 saturated carbocycles. The summed E-state index contributed by atoms with van der Waals surface area (Å²) in [5.74, 6) is -2.47. The van der Waals surface area contributed by atoms with E-state index in [1.165, 1.54) is 0 Å². The lowest BCUT2D eigenvalue weighted by atomic mass is 10.1. The van der Waals surface area contributed by atoms with Crippen LogP contribution in [0, 0.1) is 17.3 Å². The molecule has 0 aliphatic heterocycles. The summed E-state index contributed by atoms with van der Waals surface area (Å²) < 4.78 is 64.5. The largest absolute Gasteiger partial charge is 0.574 e. The Labute approximate surface area is 92.4 Å². The van der Waals surface area contributed by atoms with Gasteiger partial charge in [-0.25, -0.2) is 4.39 Å². The summed E-state index contributed by atoms with van der Waals surface area (Å²) in [4.78, 5) is 2.85. The molecule has 0 aliphatic rings. The molecule has 1 rings (SSSR count). The van der Waals surface area contributed by atoms with Gasteiger partial charge >= 0.3 is 6.36 Å². The summed E-state index contributed by atoms with van der Waals surface area (Å²) in [5.41, 5.74) is -0.844. The molecule has 1 heterocycles. The highest BCUT2D eigenvalue weighted by molar-refractivity contribution is 5.32. The summed E-state index contributed by atoms with van der Waals surface area (Å²) >= 11 is 0. The van der Waals surface area contributed by atoms with Gasteiger partial charge in [-0.1, -0.05) is 0 Å². The third kappa shape index (κ3) is 3.55. The lowest BCUT2D eigenvalue weighted by molar-refractivity contribution is -0.276. The van der Waals surface area contributed by atoms with Gasteiger partial charge in [0.1, 0.15) is 6.67 Å². The highest BCUT2D eigenvalue weighted by Gasteiger charge is 2.33. The molecule has 0 atom stereocenters. The van der Waals surface area contributed by atoms with Crippen LogP contribution in [0.2, 0.25) is 0 Å².